The molecule has 8 heteroatoms. The van der Waals surface area contributed by atoms with Crippen molar-refractivity contribution in [3.05, 3.63) is 35.9 Å². The molecule has 1 aromatic heterocycles. The van der Waals surface area contributed by atoms with E-state index in [0.717, 1.165) is 16.3 Å². The molecule has 1 aromatic carbocycles. The van der Waals surface area contributed by atoms with E-state index >= 15 is 0 Å². The van der Waals surface area contributed by atoms with Gasteiger partial charge < -0.3 is 10.4 Å². The summed E-state index contributed by atoms with van der Waals surface area (Å²) >= 11 is 1.43. The number of nitrogens with zero attached hydrogens (tertiary/aromatic N) is 1. The highest BCUT2D eigenvalue weighted by molar-refractivity contribution is 7.16. The molecule has 0 unspecified atom stereocenters. The Labute approximate surface area is 116 Å². The fourth-order valence-electron chi connectivity index (χ4n) is 1.40. The van der Waals surface area contributed by atoms with Crippen molar-refractivity contribution < 1.29 is 19.5 Å². The molecular formula is C12H9N3O4S. The van der Waals surface area contributed by atoms with Crippen LogP contribution >= 0.6 is 11.3 Å². The first-order valence-corrected chi connectivity index (χ1v) is 6.29. The van der Waals surface area contributed by atoms with Crippen molar-refractivity contribution >= 4 is 45.1 Å². The molecule has 0 saturated heterocycles. The number of hydrogen-bond donors (Lipinski definition) is 3. The van der Waals surface area contributed by atoms with E-state index in [-0.39, 0.29) is 0 Å². The molecule has 7 nitrogen and oxygen atoms in total. The number of imide groups is 1. The summed E-state index contributed by atoms with van der Waals surface area (Å²) in [5.74, 6) is -2.08. The summed E-state index contributed by atoms with van der Waals surface area (Å²) in [4.78, 5) is 37.0. The van der Waals surface area contributed by atoms with Crippen molar-refractivity contribution in [1.29, 1.82) is 0 Å². The van der Waals surface area contributed by atoms with Crippen molar-refractivity contribution in [3.8, 4) is 0 Å². The van der Waals surface area contributed by atoms with Gasteiger partial charge in [-0.1, -0.05) is 0 Å². The average molecular weight is 291 g/mol. The van der Waals surface area contributed by atoms with E-state index in [1.807, 2.05) is 5.32 Å². The zero-order valence-corrected chi connectivity index (χ0v) is 10.8. The van der Waals surface area contributed by atoms with Gasteiger partial charge in [-0.3, -0.25) is 10.1 Å². The maximum absolute atomic E-state index is 11.5. The average Bonchev–Trinajstić information content (AvgIpc) is 2.83. The van der Waals surface area contributed by atoms with Crippen LogP contribution in [0.15, 0.2) is 35.9 Å². The minimum absolute atomic E-state index is 0.509. The van der Waals surface area contributed by atoms with Crippen LogP contribution in [-0.4, -0.2) is 28.0 Å². The first-order valence-electron chi connectivity index (χ1n) is 5.41. The monoisotopic (exact) mass is 291 g/mol. The zero-order chi connectivity index (χ0) is 14.5. The van der Waals surface area contributed by atoms with Crippen LogP contribution in [0.1, 0.15) is 0 Å². The number of amides is 3. The van der Waals surface area contributed by atoms with Crippen LogP contribution in [-0.2, 0) is 9.59 Å². The number of fused-ring (bicyclic) bond motifs is 1. The summed E-state index contributed by atoms with van der Waals surface area (Å²) in [6.45, 7) is 0. The Morgan fingerprint density at radius 1 is 1.25 bits per heavy atom. The number of urea groups is 1. The van der Waals surface area contributed by atoms with E-state index in [9.17, 15) is 14.4 Å². The van der Waals surface area contributed by atoms with Gasteiger partial charge in [-0.25, -0.2) is 14.6 Å². The highest BCUT2D eigenvalue weighted by Crippen LogP contribution is 2.21. The smallest absolute Gasteiger partial charge is 0.328 e. The van der Waals surface area contributed by atoms with Crippen LogP contribution in [0.4, 0.5) is 10.5 Å². The van der Waals surface area contributed by atoms with E-state index in [0.29, 0.717) is 11.8 Å². The lowest BCUT2D eigenvalue weighted by atomic mass is 10.3. The summed E-state index contributed by atoms with van der Waals surface area (Å²) in [5.41, 5.74) is 3.02. The number of carboxylic acids is 1. The number of aromatic nitrogens is 1. The van der Waals surface area contributed by atoms with Gasteiger partial charge in [-0.15, -0.1) is 11.3 Å². The quantitative estimate of drug-likeness (QED) is 0.744. The Morgan fingerprint density at radius 3 is 2.80 bits per heavy atom. The Bertz CT molecular complexity index is 708. The fourth-order valence-corrected chi connectivity index (χ4v) is 2.11. The largest absolute Gasteiger partial charge is 0.478 e. The van der Waals surface area contributed by atoms with Crippen molar-refractivity contribution in [2.45, 2.75) is 0 Å². The Balaban J connectivity index is 1.97. The number of thiazole rings is 1. The van der Waals surface area contributed by atoms with Gasteiger partial charge in [-0.05, 0) is 18.2 Å². The fraction of sp³-hybridized carbons (Fsp3) is 0. The molecule has 2 aromatic rings. The van der Waals surface area contributed by atoms with Gasteiger partial charge in [0.25, 0.3) is 5.91 Å². The third-order valence-electron chi connectivity index (χ3n) is 2.20. The van der Waals surface area contributed by atoms with Crippen LogP contribution in [0.2, 0.25) is 0 Å². The van der Waals surface area contributed by atoms with Gasteiger partial charge in [0.2, 0.25) is 0 Å². The second kappa shape index (κ2) is 5.93. The molecule has 0 saturated carbocycles. The SMILES string of the molecule is O=C(O)/C=C/C(=O)NC(=O)Nc1ccc2ncsc2c1. The number of benzene rings is 1. The molecule has 0 aliphatic carbocycles. The number of rotatable bonds is 3. The lowest BCUT2D eigenvalue weighted by Crippen LogP contribution is -2.33. The third-order valence-corrected chi connectivity index (χ3v) is 2.99. The molecular weight excluding hydrogens is 282 g/mol. The molecule has 0 atom stereocenters. The number of hydrogen-bond acceptors (Lipinski definition) is 5. The second-order valence-corrected chi connectivity index (χ2v) is 4.54. The number of anilines is 1. The molecule has 102 valence electrons. The number of carbonyl (C=O) groups excluding carboxylic acids is 2. The Morgan fingerprint density at radius 2 is 2.05 bits per heavy atom. The summed E-state index contributed by atoms with van der Waals surface area (Å²) in [5, 5.41) is 12.8. The molecule has 3 N–H and O–H groups in total. The first kappa shape index (κ1) is 13.7. The standard InChI is InChI=1S/C12H9N3O4S/c16-10(3-4-11(17)18)15-12(19)14-7-1-2-8-9(5-7)20-6-13-8/h1-6H,(H,17,18)(H2,14,15,16,19)/b4-3+. The topological polar surface area (TPSA) is 108 Å². The molecule has 0 radical (unpaired) electrons. The van der Waals surface area contributed by atoms with Gasteiger partial charge >= 0.3 is 12.0 Å². The van der Waals surface area contributed by atoms with E-state index in [1.165, 1.54) is 11.3 Å². The van der Waals surface area contributed by atoms with Crippen LogP contribution in [0, 0.1) is 0 Å². The maximum atomic E-state index is 11.5. The highest BCUT2D eigenvalue weighted by Gasteiger charge is 2.06. The molecule has 3 amide bonds. The molecule has 0 fully saturated rings. The minimum Gasteiger partial charge on any atom is -0.478 e. The highest BCUT2D eigenvalue weighted by atomic mass is 32.1. The number of carboxylic acid groups (broad SMARTS) is 1. The predicted molar refractivity (Wildman–Crippen MR) is 73.6 cm³/mol. The Hall–Kier alpha value is -2.74. The summed E-state index contributed by atoms with van der Waals surface area (Å²) < 4.78 is 0.903. The maximum Gasteiger partial charge on any atom is 0.328 e. The van der Waals surface area contributed by atoms with Crippen LogP contribution in [0.25, 0.3) is 10.2 Å². The molecule has 1 heterocycles. The van der Waals surface area contributed by atoms with Crippen molar-refractivity contribution in [3.63, 3.8) is 0 Å². The van der Waals surface area contributed by atoms with Gasteiger partial charge in [0.15, 0.2) is 0 Å². The van der Waals surface area contributed by atoms with Gasteiger partial charge in [-0.2, -0.15) is 0 Å². The van der Waals surface area contributed by atoms with Crippen LogP contribution in [0.3, 0.4) is 0 Å². The van der Waals surface area contributed by atoms with Gasteiger partial charge in [0, 0.05) is 17.8 Å². The molecule has 0 aliphatic rings. The lowest BCUT2D eigenvalue weighted by Gasteiger charge is -2.04. The van der Waals surface area contributed by atoms with Crippen molar-refractivity contribution in [1.82, 2.24) is 10.3 Å². The summed E-state index contributed by atoms with van der Waals surface area (Å²) in [6, 6.07) is 4.38. The third kappa shape index (κ3) is 3.62. The van der Waals surface area contributed by atoms with E-state index in [4.69, 9.17) is 5.11 Å². The van der Waals surface area contributed by atoms with Crippen LogP contribution < -0.4 is 10.6 Å². The number of carbonyl (C=O) groups is 3. The number of aliphatic carboxylic acids is 1. The molecule has 0 bridgehead atoms. The zero-order valence-electron chi connectivity index (χ0n) is 9.99. The summed E-state index contributed by atoms with van der Waals surface area (Å²) in [6.07, 6.45) is 1.40. The van der Waals surface area contributed by atoms with Crippen molar-refractivity contribution in [2.75, 3.05) is 5.32 Å². The number of nitrogens with one attached hydrogen (secondary N) is 2. The van der Waals surface area contributed by atoms with Crippen molar-refractivity contribution in [2.24, 2.45) is 0 Å². The molecule has 20 heavy (non-hydrogen) atoms. The van der Waals surface area contributed by atoms with Gasteiger partial charge in [0.1, 0.15) is 0 Å². The van der Waals surface area contributed by atoms with E-state index < -0.39 is 17.9 Å². The lowest BCUT2D eigenvalue weighted by molar-refractivity contribution is -0.131. The minimum atomic E-state index is -1.27. The van der Waals surface area contributed by atoms with E-state index in [2.05, 4.69) is 10.3 Å². The summed E-state index contributed by atoms with van der Waals surface area (Å²) in [7, 11) is 0. The molecule has 0 aliphatic heterocycles. The molecule has 0 spiro atoms. The Kier molecular flexibility index (Phi) is 4.06. The van der Waals surface area contributed by atoms with Crippen LogP contribution in [0.5, 0.6) is 0 Å². The normalized spacial score (nSPS) is 10.6. The van der Waals surface area contributed by atoms with E-state index in [1.54, 1.807) is 23.7 Å². The van der Waals surface area contributed by atoms with Gasteiger partial charge in [0.05, 0.1) is 15.7 Å². The molecule has 2 rings (SSSR count). The predicted octanol–water partition coefficient (Wildman–Crippen LogP) is 1.59. The first-order chi connectivity index (χ1) is 9.54. The second-order valence-electron chi connectivity index (χ2n) is 3.65.